The van der Waals surface area contributed by atoms with E-state index in [1.165, 1.54) is 11.0 Å². The van der Waals surface area contributed by atoms with E-state index in [0.29, 0.717) is 17.5 Å². The van der Waals surface area contributed by atoms with E-state index in [9.17, 15) is 4.79 Å². The number of para-hydroxylation sites is 1. The van der Waals surface area contributed by atoms with Crippen molar-refractivity contribution in [3.63, 3.8) is 0 Å². The fraction of sp³-hybridized carbons (Fsp3) is 0.0455. The van der Waals surface area contributed by atoms with Crippen molar-refractivity contribution in [1.29, 1.82) is 0 Å². The quantitative estimate of drug-likeness (QED) is 0.511. The Morgan fingerprint density at radius 3 is 2.48 bits per heavy atom. The zero-order valence-corrected chi connectivity index (χ0v) is 14.5. The molecule has 0 aliphatic carbocycles. The molecular weight excluding hydrogens is 338 g/mol. The molecule has 0 N–H and O–H groups in total. The Morgan fingerprint density at radius 2 is 1.67 bits per heavy atom. The number of aromatic nitrogens is 2. The van der Waals surface area contributed by atoms with Gasteiger partial charge in [-0.25, -0.2) is 4.98 Å². The van der Waals surface area contributed by atoms with E-state index >= 15 is 0 Å². The fourth-order valence-electron chi connectivity index (χ4n) is 2.66. The average Bonchev–Trinajstić information content (AvgIpc) is 2.73. The van der Waals surface area contributed by atoms with Gasteiger partial charge in [-0.15, -0.1) is 0 Å². The molecule has 4 rings (SSSR count). The van der Waals surface area contributed by atoms with Gasteiger partial charge in [-0.3, -0.25) is 4.79 Å². The Balaban J connectivity index is 1.47. The minimum Gasteiger partial charge on any atom is -0.489 e. The van der Waals surface area contributed by atoms with Gasteiger partial charge in [-0.1, -0.05) is 42.5 Å². The summed E-state index contributed by atoms with van der Waals surface area (Å²) in [6, 6.07) is 24.8. The molecule has 0 radical (unpaired) electrons. The molecular formula is C22H17N3O2. The van der Waals surface area contributed by atoms with Gasteiger partial charge in [-0.2, -0.15) is 9.78 Å². The van der Waals surface area contributed by atoms with Crippen molar-refractivity contribution in [3.8, 4) is 5.75 Å². The third kappa shape index (κ3) is 3.93. The number of rotatable bonds is 5. The first-order valence-corrected chi connectivity index (χ1v) is 8.57. The SMILES string of the molecule is O=c1c2ccccc2ncn1/N=C/c1ccc(OCc2ccccc2)cc1. The van der Waals surface area contributed by atoms with Gasteiger partial charge in [-0.05, 0) is 47.5 Å². The highest BCUT2D eigenvalue weighted by Crippen LogP contribution is 2.13. The monoisotopic (exact) mass is 355 g/mol. The second kappa shape index (κ2) is 7.66. The van der Waals surface area contributed by atoms with Gasteiger partial charge in [0.2, 0.25) is 0 Å². The molecule has 5 heteroatoms. The van der Waals surface area contributed by atoms with E-state index in [0.717, 1.165) is 16.9 Å². The zero-order valence-electron chi connectivity index (χ0n) is 14.5. The Morgan fingerprint density at radius 1 is 0.926 bits per heavy atom. The van der Waals surface area contributed by atoms with Crippen LogP contribution in [0, 0.1) is 0 Å². The second-order valence-corrected chi connectivity index (χ2v) is 6.00. The minimum absolute atomic E-state index is 0.195. The maximum atomic E-state index is 12.4. The summed E-state index contributed by atoms with van der Waals surface area (Å²) >= 11 is 0. The minimum atomic E-state index is -0.195. The molecule has 27 heavy (non-hydrogen) atoms. The van der Waals surface area contributed by atoms with Crippen molar-refractivity contribution in [2.75, 3.05) is 0 Å². The lowest BCUT2D eigenvalue weighted by Crippen LogP contribution is -2.16. The highest BCUT2D eigenvalue weighted by molar-refractivity contribution is 5.80. The smallest absolute Gasteiger partial charge is 0.281 e. The number of ether oxygens (including phenoxy) is 1. The molecule has 5 nitrogen and oxygen atoms in total. The Labute approximate surface area is 156 Å². The van der Waals surface area contributed by atoms with E-state index in [4.69, 9.17) is 4.74 Å². The van der Waals surface area contributed by atoms with Crippen LogP contribution in [0.2, 0.25) is 0 Å². The van der Waals surface area contributed by atoms with Gasteiger partial charge >= 0.3 is 0 Å². The summed E-state index contributed by atoms with van der Waals surface area (Å²) in [5, 5.41) is 4.77. The Kier molecular flexibility index (Phi) is 4.74. The predicted octanol–water partition coefficient (Wildman–Crippen LogP) is 3.86. The summed E-state index contributed by atoms with van der Waals surface area (Å²) in [5.41, 5.74) is 2.45. The summed E-state index contributed by atoms with van der Waals surface area (Å²) in [4.78, 5) is 16.7. The van der Waals surface area contributed by atoms with Crippen LogP contribution in [0.1, 0.15) is 11.1 Å². The average molecular weight is 355 g/mol. The van der Waals surface area contributed by atoms with Crippen LogP contribution in [-0.4, -0.2) is 15.9 Å². The largest absolute Gasteiger partial charge is 0.489 e. The number of hydrogen-bond acceptors (Lipinski definition) is 4. The molecule has 1 aromatic heterocycles. The standard InChI is InChI=1S/C22H17N3O2/c26-22-20-8-4-5-9-21(20)23-16-25(22)24-14-17-10-12-19(13-11-17)27-15-18-6-2-1-3-7-18/h1-14,16H,15H2/b24-14+. The normalized spacial score (nSPS) is 11.1. The van der Waals surface area contributed by atoms with E-state index in [1.807, 2.05) is 66.7 Å². The molecule has 0 unspecified atom stereocenters. The Hall–Kier alpha value is -3.73. The van der Waals surface area contributed by atoms with Crippen molar-refractivity contribution in [3.05, 3.63) is 107 Å². The highest BCUT2D eigenvalue weighted by Gasteiger charge is 2.01. The molecule has 0 bridgehead atoms. The molecule has 0 amide bonds. The summed E-state index contributed by atoms with van der Waals surface area (Å²) in [6.07, 6.45) is 3.05. The molecule has 4 aromatic rings. The number of benzene rings is 3. The third-order valence-corrected chi connectivity index (χ3v) is 4.11. The van der Waals surface area contributed by atoms with Crippen molar-refractivity contribution < 1.29 is 4.74 Å². The maximum Gasteiger partial charge on any atom is 0.281 e. The second-order valence-electron chi connectivity index (χ2n) is 6.00. The van der Waals surface area contributed by atoms with Crippen LogP contribution in [0.3, 0.4) is 0 Å². The van der Waals surface area contributed by atoms with Crippen molar-refractivity contribution in [2.45, 2.75) is 6.61 Å². The summed E-state index contributed by atoms with van der Waals surface area (Å²) < 4.78 is 7.01. The van der Waals surface area contributed by atoms with E-state index in [1.54, 1.807) is 18.3 Å². The molecule has 132 valence electrons. The third-order valence-electron chi connectivity index (χ3n) is 4.11. The van der Waals surface area contributed by atoms with Gasteiger partial charge in [0.05, 0.1) is 17.1 Å². The fourth-order valence-corrected chi connectivity index (χ4v) is 2.66. The van der Waals surface area contributed by atoms with Gasteiger partial charge < -0.3 is 4.74 Å². The number of hydrogen-bond donors (Lipinski definition) is 0. The summed E-state index contributed by atoms with van der Waals surface area (Å²) in [5.74, 6) is 0.778. The Bertz CT molecular complexity index is 1130. The van der Waals surface area contributed by atoms with Crippen molar-refractivity contribution in [2.24, 2.45) is 5.10 Å². The molecule has 0 saturated carbocycles. The van der Waals surface area contributed by atoms with Gasteiger partial charge in [0.25, 0.3) is 5.56 Å². The first-order chi connectivity index (χ1) is 13.3. The van der Waals surface area contributed by atoms with Crippen LogP contribution in [0.5, 0.6) is 5.75 Å². The lowest BCUT2D eigenvalue weighted by Gasteiger charge is -2.06. The van der Waals surface area contributed by atoms with Crippen molar-refractivity contribution >= 4 is 17.1 Å². The van der Waals surface area contributed by atoms with E-state index in [-0.39, 0.29) is 5.56 Å². The molecule has 3 aromatic carbocycles. The lowest BCUT2D eigenvalue weighted by atomic mass is 10.2. The van der Waals surface area contributed by atoms with E-state index in [2.05, 4.69) is 10.1 Å². The first-order valence-electron chi connectivity index (χ1n) is 8.57. The first kappa shape index (κ1) is 16.7. The van der Waals surface area contributed by atoms with Crippen LogP contribution in [0.15, 0.2) is 95.1 Å². The van der Waals surface area contributed by atoms with Gasteiger partial charge in [0.1, 0.15) is 18.7 Å². The lowest BCUT2D eigenvalue weighted by molar-refractivity contribution is 0.306. The molecule has 0 fully saturated rings. The highest BCUT2D eigenvalue weighted by atomic mass is 16.5. The van der Waals surface area contributed by atoms with Crippen LogP contribution < -0.4 is 10.3 Å². The van der Waals surface area contributed by atoms with Crippen LogP contribution in [-0.2, 0) is 6.61 Å². The van der Waals surface area contributed by atoms with Crippen LogP contribution in [0.4, 0.5) is 0 Å². The van der Waals surface area contributed by atoms with Crippen LogP contribution >= 0.6 is 0 Å². The van der Waals surface area contributed by atoms with Crippen LogP contribution in [0.25, 0.3) is 10.9 Å². The summed E-state index contributed by atoms with van der Waals surface area (Å²) in [6.45, 7) is 0.520. The molecule has 0 spiro atoms. The molecule has 0 aliphatic rings. The predicted molar refractivity (Wildman–Crippen MR) is 106 cm³/mol. The summed E-state index contributed by atoms with van der Waals surface area (Å²) in [7, 11) is 0. The molecule has 0 aliphatic heterocycles. The molecule has 1 heterocycles. The van der Waals surface area contributed by atoms with Crippen molar-refractivity contribution in [1.82, 2.24) is 9.66 Å². The topological polar surface area (TPSA) is 56.5 Å². The number of nitrogens with zero attached hydrogens (tertiary/aromatic N) is 3. The molecule has 0 atom stereocenters. The molecule has 0 saturated heterocycles. The van der Waals surface area contributed by atoms with Gasteiger partial charge in [0.15, 0.2) is 0 Å². The maximum absolute atomic E-state index is 12.4. The zero-order chi connectivity index (χ0) is 18.5. The van der Waals surface area contributed by atoms with E-state index < -0.39 is 0 Å². The number of fused-ring (bicyclic) bond motifs is 1. The van der Waals surface area contributed by atoms with Gasteiger partial charge in [0, 0.05) is 0 Å².